The molecule has 152 valence electrons. The van der Waals surface area contributed by atoms with Crippen LogP contribution in [0, 0.1) is 0 Å². The molecule has 2 aromatic heterocycles. The van der Waals surface area contributed by atoms with Crippen molar-refractivity contribution in [1.82, 2.24) is 9.97 Å². The average molecular weight is 427 g/mol. The van der Waals surface area contributed by atoms with Gasteiger partial charge in [0.25, 0.3) is 0 Å². The number of benzene rings is 2. The van der Waals surface area contributed by atoms with Gasteiger partial charge in [0.05, 0.1) is 22.6 Å². The zero-order valence-corrected chi connectivity index (χ0v) is 16.4. The maximum atomic E-state index is 12.8. The Kier molecular flexibility index (Phi) is 5.67. The van der Waals surface area contributed by atoms with E-state index in [9.17, 15) is 13.2 Å². The predicted octanol–water partition coefficient (Wildman–Crippen LogP) is 6.63. The molecule has 0 amide bonds. The normalized spacial score (nSPS) is 11.3. The molecule has 8 heteroatoms. The first-order valence-electron chi connectivity index (χ1n) is 9.02. The quantitative estimate of drug-likeness (QED) is 0.375. The summed E-state index contributed by atoms with van der Waals surface area (Å²) >= 11 is 1.47. The summed E-state index contributed by atoms with van der Waals surface area (Å²) in [7, 11) is 0. The van der Waals surface area contributed by atoms with Crippen molar-refractivity contribution in [2.45, 2.75) is 12.7 Å². The van der Waals surface area contributed by atoms with Crippen LogP contribution in [0.2, 0.25) is 0 Å². The van der Waals surface area contributed by atoms with E-state index in [0.717, 1.165) is 34.1 Å². The highest BCUT2D eigenvalue weighted by Crippen LogP contribution is 2.32. The van der Waals surface area contributed by atoms with Crippen molar-refractivity contribution in [3.05, 3.63) is 89.8 Å². The van der Waals surface area contributed by atoms with Crippen LogP contribution in [-0.2, 0) is 12.7 Å². The predicted molar refractivity (Wildman–Crippen MR) is 111 cm³/mol. The molecule has 4 rings (SSSR count). The van der Waals surface area contributed by atoms with Crippen LogP contribution in [-0.4, -0.2) is 9.97 Å². The molecule has 0 saturated carbocycles. The number of pyridine rings is 1. The standard InChI is InChI=1S/C22H16F3N3OS/c23-22(24,25)20-12-16(10-11-26-20)27-13-19-21(30-14-28-19)15-6-8-18(9-7-15)29-17-4-2-1-3-5-17/h1-12,14H,13H2,(H,26,27). The molecule has 0 aliphatic heterocycles. The Morgan fingerprint density at radius 1 is 0.900 bits per heavy atom. The van der Waals surface area contributed by atoms with Crippen molar-refractivity contribution in [2.75, 3.05) is 5.32 Å². The molecule has 0 aliphatic rings. The zero-order chi connectivity index (χ0) is 21.0. The molecule has 0 saturated heterocycles. The number of thiazole rings is 1. The SMILES string of the molecule is FC(F)(F)c1cc(NCc2ncsc2-c2ccc(Oc3ccccc3)cc2)ccn1. The number of rotatable bonds is 6. The number of alkyl halides is 3. The van der Waals surface area contributed by atoms with Crippen LogP contribution in [0.1, 0.15) is 11.4 Å². The Balaban J connectivity index is 1.46. The molecule has 2 aromatic carbocycles. The second-order valence-electron chi connectivity index (χ2n) is 6.35. The number of ether oxygens (including phenoxy) is 1. The van der Waals surface area contributed by atoms with Gasteiger partial charge in [-0.25, -0.2) is 4.98 Å². The van der Waals surface area contributed by atoms with E-state index in [0.29, 0.717) is 18.0 Å². The molecule has 0 aliphatic carbocycles. The molecule has 1 N–H and O–H groups in total. The summed E-state index contributed by atoms with van der Waals surface area (Å²) in [5.41, 5.74) is 2.83. The number of halogens is 3. The Morgan fingerprint density at radius 2 is 1.63 bits per heavy atom. The molecule has 0 atom stereocenters. The lowest BCUT2D eigenvalue weighted by Gasteiger charge is -2.10. The van der Waals surface area contributed by atoms with Gasteiger partial charge in [-0.2, -0.15) is 13.2 Å². The smallest absolute Gasteiger partial charge is 0.433 e. The van der Waals surface area contributed by atoms with Crippen molar-refractivity contribution >= 4 is 17.0 Å². The number of anilines is 1. The van der Waals surface area contributed by atoms with Gasteiger partial charge in [-0.1, -0.05) is 18.2 Å². The van der Waals surface area contributed by atoms with Crippen molar-refractivity contribution < 1.29 is 17.9 Å². The van der Waals surface area contributed by atoms with Crippen LogP contribution in [0.25, 0.3) is 10.4 Å². The highest BCUT2D eigenvalue weighted by molar-refractivity contribution is 7.13. The Morgan fingerprint density at radius 3 is 2.37 bits per heavy atom. The Hall–Kier alpha value is -3.39. The fraction of sp³-hybridized carbons (Fsp3) is 0.0909. The van der Waals surface area contributed by atoms with E-state index in [1.165, 1.54) is 17.4 Å². The molecule has 0 unspecified atom stereocenters. The average Bonchev–Trinajstić information content (AvgIpc) is 3.22. The molecule has 0 fully saturated rings. The second-order valence-corrected chi connectivity index (χ2v) is 7.20. The van der Waals surface area contributed by atoms with E-state index >= 15 is 0 Å². The van der Waals surface area contributed by atoms with E-state index in [1.54, 1.807) is 5.51 Å². The van der Waals surface area contributed by atoms with Gasteiger partial charge >= 0.3 is 6.18 Å². The summed E-state index contributed by atoms with van der Waals surface area (Å²) in [6.45, 7) is 0.294. The van der Waals surface area contributed by atoms with Gasteiger partial charge in [0, 0.05) is 11.9 Å². The summed E-state index contributed by atoms with van der Waals surface area (Å²) in [5, 5.41) is 2.99. The van der Waals surface area contributed by atoms with Crippen LogP contribution in [0.3, 0.4) is 0 Å². The van der Waals surface area contributed by atoms with Gasteiger partial charge in [-0.05, 0) is 54.1 Å². The van der Waals surface area contributed by atoms with Crippen molar-refractivity contribution in [2.24, 2.45) is 0 Å². The second kappa shape index (κ2) is 8.54. The number of para-hydroxylation sites is 1. The number of hydrogen-bond donors (Lipinski definition) is 1. The van der Waals surface area contributed by atoms with Gasteiger partial charge in [0.1, 0.15) is 17.2 Å². The number of aromatic nitrogens is 2. The molecule has 0 bridgehead atoms. The van der Waals surface area contributed by atoms with E-state index in [1.807, 2.05) is 54.6 Å². The highest BCUT2D eigenvalue weighted by atomic mass is 32.1. The van der Waals surface area contributed by atoms with E-state index in [2.05, 4.69) is 15.3 Å². The number of hydrogen-bond acceptors (Lipinski definition) is 5. The monoisotopic (exact) mass is 427 g/mol. The van der Waals surface area contributed by atoms with E-state index in [4.69, 9.17) is 4.74 Å². The van der Waals surface area contributed by atoms with Gasteiger partial charge in [0.2, 0.25) is 0 Å². The molecule has 0 spiro atoms. The van der Waals surface area contributed by atoms with Crippen molar-refractivity contribution in [1.29, 1.82) is 0 Å². The lowest BCUT2D eigenvalue weighted by Crippen LogP contribution is -2.09. The van der Waals surface area contributed by atoms with E-state index < -0.39 is 11.9 Å². The number of nitrogens with zero attached hydrogens (tertiary/aromatic N) is 2. The highest BCUT2D eigenvalue weighted by Gasteiger charge is 2.32. The van der Waals surface area contributed by atoms with Crippen LogP contribution in [0.5, 0.6) is 11.5 Å². The third kappa shape index (κ3) is 4.77. The third-order valence-corrected chi connectivity index (χ3v) is 5.16. The van der Waals surface area contributed by atoms with Crippen molar-refractivity contribution in [3.8, 4) is 21.9 Å². The summed E-state index contributed by atoms with van der Waals surface area (Å²) in [5.74, 6) is 1.47. The lowest BCUT2D eigenvalue weighted by molar-refractivity contribution is -0.141. The molecule has 0 radical (unpaired) electrons. The minimum atomic E-state index is -4.48. The van der Waals surface area contributed by atoms with Crippen molar-refractivity contribution in [3.63, 3.8) is 0 Å². The maximum absolute atomic E-state index is 12.8. The first kappa shape index (κ1) is 19.9. The molecule has 4 aromatic rings. The first-order valence-corrected chi connectivity index (χ1v) is 9.90. The fourth-order valence-corrected chi connectivity index (χ4v) is 3.63. The Labute approximate surface area is 175 Å². The van der Waals surface area contributed by atoms with Gasteiger partial charge < -0.3 is 10.1 Å². The van der Waals surface area contributed by atoms with Crippen LogP contribution >= 0.6 is 11.3 Å². The largest absolute Gasteiger partial charge is 0.457 e. The van der Waals surface area contributed by atoms with Gasteiger partial charge in [0.15, 0.2) is 0 Å². The first-order chi connectivity index (χ1) is 14.5. The Bertz CT molecular complexity index is 1110. The molecule has 30 heavy (non-hydrogen) atoms. The summed E-state index contributed by atoms with van der Waals surface area (Å²) < 4.78 is 44.3. The molecule has 4 nitrogen and oxygen atoms in total. The number of nitrogens with one attached hydrogen (secondary N) is 1. The van der Waals surface area contributed by atoms with E-state index in [-0.39, 0.29) is 0 Å². The molecule has 2 heterocycles. The van der Waals surface area contributed by atoms with Crippen LogP contribution < -0.4 is 10.1 Å². The summed E-state index contributed by atoms with van der Waals surface area (Å²) in [4.78, 5) is 8.67. The summed E-state index contributed by atoms with van der Waals surface area (Å²) in [6.07, 6.45) is -3.34. The molecular formula is C22H16F3N3OS. The molecular weight excluding hydrogens is 411 g/mol. The van der Waals surface area contributed by atoms with Crippen LogP contribution in [0.4, 0.5) is 18.9 Å². The lowest BCUT2D eigenvalue weighted by atomic mass is 10.1. The minimum absolute atomic E-state index is 0.294. The van der Waals surface area contributed by atoms with Gasteiger partial charge in [-0.3, -0.25) is 4.98 Å². The van der Waals surface area contributed by atoms with Crippen LogP contribution in [0.15, 0.2) is 78.4 Å². The summed E-state index contributed by atoms with van der Waals surface area (Å²) in [6, 6.07) is 19.6. The topological polar surface area (TPSA) is 47.0 Å². The maximum Gasteiger partial charge on any atom is 0.433 e. The van der Waals surface area contributed by atoms with Gasteiger partial charge in [-0.15, -0.1) is 11.3 Å². The zero-order valence-electron chi connectivity index (χ0n) is 15.6. The minimum Gasteiger partial charge on any atom is -0.457 e. The fourth-order valence-electron chi connectivity index (χ4n) is 2.81. The third-order valence-electron chi connectivity index (χ3n) is 4.25.